The summed E-state index contributed by atoms with van der Waals surface area (Å²) in [6, 6.07) is -0.714. The van der Waals surface area contributed by atoms with Gasteiger partial charge in [-0.2, -0.15) is 0 Å². The number of aliphatic hydroxyl groups is 5. The van der Waals surface area contributed by atoms with Crippen molar-refractivity contribution in [1.29, 1.82) is 0 Å². The molecule has 2 aliphatic heterocycles. The summed E-state index contributed by atoms with van der Waals surface area (Å²) >= 11 is 0. The molecular formula is C38H73NO9. The maximum absolute atomic E-state index is 12.9. The van der Waals surface area contributed by atoms with E-state index in [4.69, 9.17) is 14.2 Å². The highest BCUT2D eigenvalue weighted by atomic mass is 16.7. The monoisotopic (exact) mass is 688 g/mol. The standard InChI is InChI=1S/C38H73NO9/c1-2-3-4-5-6-7-8-9-10-11-15-18-21-24-32(41)31(29-47-38-37(45)36(44)35(43)33(26-40)48-38)39-34(42)25-22-19-16-13-12-14-17-20-23-30-27-46-28-30/h30-33,35-38,40-41,43-45H,2-29H2,1H3,(H,39,42)/t31-,32+,33?,35?,36?,37?,38?/m0/s1. The van der Waals surface area contributed by atoms with Crippen LogP contribution in [0.4, 0.5) is 0 Å². The van der Waals surface area contributed by atoms with Crippen molar-refractivity contribution in [2.24, 2.45) is 5.92 Å². The van der Waals surface area contributed by atoms with Crippen LogP contribution in [0.3, 0.4) is 0 Å². The molecule has 2 heterocycles. The molecule has 2 saturated heterocycles. The Labute approximate surface area is 291 Å². The third-order valence-electron chi connectivity index (χ3n) is 10.2. The van der Waals surface area contributed by atoms with Crippen LogP contribution >= 0.6 is 0 Å². The van der Waals surface area contributed by atoms with E-state index in [9.17, 15) is 30.3 Å². The molecule has 0 bridgehead atoms. The van der Waals surface area contributed by atoms with Gasteiger partial charge in [-0.05, 0) is 19.3 Å². The topological polar surface area (TPSA) is 158 Å². The zero-order chi connectivity index (χ0) is 34.8. The fourth-order valence-corrected chi connectivity index (χ4v) is 6.73. The normalized spacial score (nSPS) is 24.3. The Kier molecular flexibility index (Phi) is 25.1. The third-order valence-corrected chi connectivity index (χ3v) is 10.2. The Morgan fingerprint density at radius 1 is 0.729 bits per heavy atom. The van der Waals surface area contributed by atoms with Crippen LogP contribution in [-0.2, 0) is 19.0 Å². The molecule has 0 saturated carbocycles. The molecule has 10 nitrogen and oxygen atoms in total. The van der Waals surface area contributed by atoms with Crippen molar-refractivity contribution in [3.05, 3.63) is 0 Å². The van der Waals surface area contributed by atoms with Crippen molar-refractivity contribution in [3.63, 3.8) is 0 Å². The Morgan fingerprint density at radius 3 is 1.77 bits per heavy atom. The number of hydrogen-bond acceptors (Lipinski definition) is 9. The van der Waals surface area contributed by atoms with Gasteiger partial charge in [0.25, 0.3) is 0 Å². The van der Waals surface area contributed by atoms with E-state index in [-0.39, 0.29) is 12.5 Å². The molecule has 0 aromatic carbocycles. The molecule has 2 fully saturated rings. The highest BCUT2D eigenvalue weighted by molar-refractivity contribution is 5.76. The number of carbonyl (C=O) groups excluding carboxylic acids is 1. The van der Waals surface area contributed by atoms with Gasteiger partial charge in [0, 0.05) is 12.3 Å². The fraction of sp³-hybridized carbons (Fsp3) is 0.974. The zero-order valence-electron chi connectivity index (χ0n) is 30.3. The van der Waals surface area contributed by atoms with Crippen LogP contribution in [-0.4, -0.2) is 101 Å². The lowest BCUT2D eigenvalue weighted by Crippen LogP contribution is -2.60. The summed E-state index contributed by atoms with van der Waals surface area (Å²) in [7, 11) is 0. The molecule has 7 atom stereocenters. The summed E-state index contributed by atoms with van der Waals surface area (Å²) in [5, 5.41) is 54.1. The highest BCUT2D eigenvalue weighted by Gasteiger charge is 2.44. The maximum atomic E-state index is 12.9. The van der Waals surface area contributed by atoms with Crippen molar-refractivity contribution in [1.82, 2.24) is 5.32 Å². The second-order valence-corrected chi connectivity index (χ2v) is 14.6. The largest absolute Gasteiger partial charge is 0.394 e. The van der Waals surface area contributed by atoms with Crippen molar-refractivity contribution in [3.8, 4) is 0 Å². The molecule has 2 rings (SSSR count). The molecule has 284 valence electrons. The van der Waals surface area contributed by atoms with Crippen molar-refractivity contribution >= 4 is 5.91 Å². The number of hydrogen-bond donors (Lipinski definition) is 6. The van der Waals surface area contributed by atoms with E-state index in [1.165, 1.54) is 103 Å². The van der Waals surface area contributed by atoms with Gasteiger partial charge in [-0.25, -0.2) is 0 Å². The minimum absolute atomic E-state index is 0.137. The molecule has 0 radical (unpaired) electrons. The minimum Gasteiger partial charge on any atom is -0.394 e. The number of aliphatic hydroxyl groups excluding tert-OH is 5. The maximum Gasteiger partial charge on any atom is 0.220 e. The second kappa shape index (κ2) is 27.8. The molecule has 1 amide bonds. The number of carbonyl (C=O) groups is 1. The summed E-state index contributed by atoms with van der Waals surface area (Å²) in [6.45, 7) is 3.44. The van der Waals surface area contributed by atoms with Gasteiger partial charge in [0.1, 0.15) is 24.4 Å². The van der Waals surface area contributed by atoms with E-state index < -0.39 is 49.5 Å². The first-order valence-corrected chi connectivity index (χ1v) is 19.8. The van der Waals surface area contributed by atoms with Gasteiger partial charge >= 0.3 is 0 Å². The zero-order valence-corrected chi connectivity index (χ0v) is 30.3. The first-order chi connectivity index (χ1) is 23.4. The predicted octanol–water partition coefficient (Wildman–Crippen LogP) is 5.68. The SMILES string of the molecule is CCCCCCCCCCCCCCC[C@@H](O)[C@H](COC1OC(CO)C(O)C(O)C1O)NC(=O)CCCCCCCCCCC1COC1. The second-order valence-electron chi connectivity index (χ2n) is 14.6. The van der Waals surface area contributed by atoms with Crippen LogP contribution in [0.1, 0.15) is 161 Å². The van der Waals surface area contributed by atoms with E-state index in [2.05, 4.69) is 12.2 Å². The molecule has 0 aliphatic carbocycles. The van der Waals surface area contributed by atoms with Crippen LogP contribution in [0.15, 0.2) is 0 Å². The first kappa shape index (κ1) is 43.3. The number of rotatable bonds is 31. The van der Waals surface area contributed by atoms with Crippen molar-refractivity contribution in [2.75, 3.05) is 26.4 Å². The van der Waals surface area contributed by atoms with Crippen LogP contribution in [0, 0.1) is 5.92 Å². The van der Waals surface area contributed by atoms with Crippen LogP contribution in [0.5, 0.6) is 0 Å². The molecule has 10 heteroatoms. The van der Waals surface area contributed by atoms with Gasteiger partial charge in [-0.15, -0.1) is 0 Å². The summed E-state index contributed by atoms with van der Waals surface area (Å²) in [5.41, 5.74) is 0. The number of unbranched alkanes of at least 4 members (excludes halogenated alkanes) is 19. The van der Waals surface area contributed by atoms with Crippen molar-refractivity contribution in [2.45, 2.75) is 204 Å². The minimum atomic E-state index is -1.55. The van der Waals surface area contributed by atoms with Crippen LogP contribution < -0.4 is 5.32 Å². The van der Waals surface area contributed by atoms with Gasteiger partial charge in [-0.3, -0.25) is 4.79 Å². The lowest BCUT2D eigenvalue weighted by molar-refractivity contribution is -0.302. The number of amides is 1. The number of ether oxygens (including phenoxy) is 3. The van der Waals surface area contributed by atoms with Gasteiger partial charge in [0.15, 0.2) is 6.29 Å². The van der Waals surface area contributed by atoms with E-state index in [1.54, 1.807) is 0 Å². The molecule has 0 aromatic rings. The first-order valence-electron chi connectivity index (χ1n) is 19.8. The average molecular weight is 688 g/mol. The Morgan fingerprint density at radius 2 is 1.25 bits per heavy atom. The van der Waals surface area contributed by atoms with Crippen LogP contribution in [0.2, 0.25) is 0 Å². The summed E-state index contributed by atoms with van der Waals surface area (Å²) in [6.07, 6.45) is 19.6. The number of nitrogens with one attached hydrogen (secondary N) is 1. The van der Waals surface area contributed by atoms with E-state index in [1.807, 2.05) is 0 Å². The fourth-order valence-electron chi connectivity index (χ4n) is 6.73. The molecule has 48 heavy (non-hydrogen) atoms. The van der Waals surface area contributed by atoms with Gasteiger partial charge < -0.3 is 45.1 Å². The van der Waals surface area contributed by atoms with Gasteiger partial charge in [-0.1, -0.05) is 135 Å². The molecule has 6 N–H and O–H groups in total. The molecule has 2 aliphatic rings. The summed E-state index contributed by atoms with van der Waals surface area (Å²) < 4.78 is 16.4. The quantitative estimate of drug-likeness (QED) is 0.0505. The van der Waals surface area contributed by atoms with Crippen molar-refractivity contribution < 1.29 is 44.5 Å². The highest BCUT2D eigenvalue weighted by Crippen LogP contribution is 2.23. The summed E-state index contributed by atoms with van der Waals surface area (Å²) in [4.78, 5) is 12.9. The summed E-state index contributed by atoms with van der Waals surface area (Å²) in [5.74, 6) is 0.636. The predicted molar refractivity (Wildman–Crippen MR) is 188 cm³/mol. The van der Waals surface area contributed by atoms with E-state index >= 15 is 0 Å². The molecule has 5 unspecified atom stereocenters. The molecule has 0 spiro atoms. The molecule has 0 aromatic heterocycles. The lowest BCUT2D eigenvalue weighted by atomic mass is 9.99. The lowest BCUT2D eigenvalue weighted by Gasteiger charge is -2.40. The van der Waals surface area contributed by atoms with E-state index in [0.29, 0.717) is 12.8 Å². The average Bonchev–Trinajstić information content (AvgIpc) is 3.06. The van der Waals surface area contributed by atoms with Gasteiger partial charge in [0.05, 0.1) is 38.6 Å². The van der Waals surface area contributed by atoms with Crippen LogP contribution in [0.25, 0.3) is 0 Å². The molecular weight excluding hydrogens is 614 g/mol. The Hall–Kier alpha value is -0.850. The smallest absolute Gasteiger partial charge is 0.220 e. The third kappa shape index (κ3) is 18.9. The Balaban J connectivity index is 1.66. The van der Waals surface area contributed by atoms with E-state index in [0.717, 1.165) is 57.7 Å². The Bertz CT molecular complexity index is 768. The van der Waals surface area contributed by atoms with Gasteiger partial charge in [0.2, 0.25) is 5.91 Å².